The van der Waals surface area contributed by atoms with E-state index in [2.05, 4.69) is 47.9 Å². The zero-order valence-electron chi connectivity index (χ0n) is 34.6. The number of ketones is 1. The van der Waals surface area contributed by atoms with Gasteiger partial charge in [-0.2, -0.15) is 9.98 Å². The van der Waals surface area contributed by atoms with Gasteiger partial charge in [0.15, 0.2) is 11.9 Å². The monoisotopic (exact) mass is 781 g/mol. The molecular formula is C45H63N7O5. The fraction of sp³-hybridized carbons (Fsp3) is 0.600. The number of carbonyl (C=O) groups excluding carboxylic acids is 4. The zero-order chi connectivity index (χ0) is 41.8. The molecule has 4 saturated carbocycles. The fourth-order valence-electron chi connectivity index (χ4n) is 11.3. The van der Waals surface area contributed by atoms with Crippen molar-refractivity contribution in [1.82, 2.24) is 5.32 Å². The Morgan fingerprint density at radius 2 is 1.54 bits per heavy atom. The normalized spacial score (nSPS) is 31.2. The van der Waals surface area contributed by atoms with Gasteiger partial charge in [0.1, 0.15) is 5.78 Å². The summed E-state index contributed by atoms with van der Waals surface area (Å²) in [4.78, 5) is 56.1. The van der Waals surface area contributed by atoms with Crippen LogP contribution in [-0.4, -0.2) is 53.2 Å². The van der Waals surface area contributed by atoms with Crippen molar-refractivity contribution in [2.24, 2.45) is 85.2 Å². The van der Waals surface area contributed by atoms with Gasteiger partial charge in [0.25, 0.3) is 11.8 Å². The number of hydrogen-bond acceptors (Lipinski definition) is 5. The fourth-order valence-corrected chi connectivity index (χ4v) is 11.3. The summed E-state index contributed by atoms with van der Waals surface area (Å²) in [5.41, 5.74) is 24.4. The van der Waals surface area contributed by atoms with E-state index in [1.54, 1.807) is 26.0 Å². The zero-order valence-corrected chi connectivity index (χ0v) is 34.6. The Bertz CT molecular complexity index is 1930. The highest BCUT2D eigenvalue weighted by atomic mass is 16.3. The van der Waals surface area contributed by atoms with Crippen LogP contribution >= 0.6 is 0 Å². The minimum Gasteiger partial charge on any atom is -0.393 e. The SMILES string of the molecule is CC(=O)CNC(=O)CCC(C)C1CC[C@H]2C3CCC4CC(C#Cc5ccc(/C=C(\C)C(=O)N=C(N)N)c(/C=C(\C)C(=O)N=C(N)N)c5)CCC4(C)C3C[C@H](O)C12C. The maximum atomic E-state index is 12.6. The minimum atomic E-state index is -0.573. The van der Waals surface area contributed by atoms with Gasteiger partial charge in [-0.15, -0.1) is 0 Å². The summed E-state index contributed by atoms with van der Waals surface area (Å²) in [6, 6.07) is 5.64. The van der Waals surface area contributed by atoms with Crippen LogP contribution in [0.5, 0.6) is 0 Å². The lowest BCUT2D eigenvalue weighted by molar-refractivity contribution is -0.170. The molecule has 0 bridgehead atoms. The lowest BCUT2D eigenvalue weighted by atomic mass is 9.43. The standard InChI is InChI=1S/C45H63N7O5/c1-25(7-16-39(55)50-24-28(4)53)35-14-15-36-34-13-12-33-22-30(17-18-44(33,5)37(34)23-38(54)45(35,36)6)9-8-29-10-11-31(19-26(2)40(56)51-42(46)47)32(21-29)20-27(3)41(57)52-43(48)49/h10-11,19-21,25,30,33-38,54H,7,12-18,22-24H2,1-6H3,(H,50,55)(H4,46,47,51,56)(H4,48,49,52,57)/b26-19+,27-20+/t25?,30?,33?,34?,35?,36-,37?,38-,44?,45?/m0/s1. The van der Waals surface area contributed by atoms with Crippen LogP contribution in [0.25, 0.3) is 12.2 Å². The van der Waals surface area contributed by atoms with Crippen LogP contribution < -0.4 is 28.3 Å². The number of benzene rings is 1. The van der Waals surface area contributed by atoms with Gasteiger partial charge < -0.3 is 33.4 Å². The molecule has 4 aliphatic carbocycles. The van der Waals surface area contributed by atoms with E-state index >= 15 is 0 Å². The Hall–Kier alpha value is -4.76. The summed E-state index contributed by atoms with van der Waals surface area (Å²) in [6.07, 6.45) is 12.6. The van der Waals surface area contributed by atoms with Gasteiger partial charge in [-0.3, -0.25) is 19.2 Å². The Morgan fingerprint density at radius 1 is 0.895 bits per heavy atom. The van der Waals surface area contributed by atoms with Gasteiger partial charge in [0.2, 0.25) is 5.91 Å². The molecule has 1 aromatic carbocycles. The number of fused-ring (bicyclic) bond motifs is 5. The molecule has 12 nitrogen and oxygen atoms in total. The number of nitrogens with zero attached hydrogens (tertiary/aromatic N) is 2. The number of aliphatic hydroxyl groups is 1. The first-order chi connectivity index (χ1) is 26.8. The van der Waals surface area contributed by atoms with Gasteiger partial charge in [-0.25, -0.2) is 0 Å². The smallest absolute Gasteiger partial charge is 0.275 e. The Kier molecular flexibility index (Phi) is 13.5. The van der Waals surface area contributed by atoms with Crippen LogP contribution in [0.3, 0.4) is 0 Å². The number of guanidine groups is 2. The number of hydrogen-bond donors (Lipinski definition) is 6. The third-order valence-corrected chi connectivity index (χ3v) is 14.3. The van der Waals surface area contributed by atoms with E-state index in [0.29, 0.717) is 64.2 Å². The van der Waals surface area contributed by atoms with E-state index < -0.39 is 11.8 Å². The molecular weight excluding hydrogens is 719 g/mol. The van der Waals surface area contributed by atoms with E-state index in [9.17, 15) is 24.3 Å². The molecule has 4 fully saturated rings. The van der Waals surface area contributed by atoms with Crippen molar-refractivity contribution in [1.29, 1.82) is 0 Å². The quantitative estimate of drug-likeness (QED) is 0.0827. The summed E-state index contributed by atoms with van der Waals surface area (Å²) < 4.78 is 0. The maximum Gasteiger partial charge on any atom is 0.275 e. The van der Waals surface area contributed by atoms with Crippen molar-refractivity contribution >= 4 is 47.6 Å². The van der Waals surface area contributed by atoms with Crippen LogP contribution in [0.1, 0.15) is 122 Å². The lowest BCUT2D eigenvalue weighted by Gasteiger charge is -2.62. The highest BCUT2D eigenvalue weighted by Crippen LogP contribution is 2.68. The van der Waals surface area contributed by atoms with Gasteiger partial charge in [-0.05, 0) is 160 Å². The molecule has 308 valence electrons. The number of aliphatic hydroxyl groups excluding tert-OH is 1. The predicted molar refractivity (Wildman–Crippen MR) is 224 cm³/mol. The molecule has 0 spiro atoms. The van der Waals surface area contributed by atoms with E-state index in [4.69, 9.17) is 22.9 Å². The largest absolute Gasteiger partial charge is 0.393 e. The van der Waals surface area contributed by atoms with Crippen molar-refractivity contribution < 1.29 is 24.3 Å². The Morgan fingerprint density at radius 3 is 2.18 bits per heavy atom. The summed E-state index contributed by atoms with van der Waals surface area (Å²) in [5.74, 6) is 8.10. The van der Waals surface area contributed by atoms with Crippen molar-refractivity contribution in [2.45, 2.75) is 112 Å². The van der Waals surface area contributed by atoms with Gasteiger partial charge in [0.05, 0.1) is 12.6 Å². The molecule has 10 atom stereocenters. The molecule has 4 aliphatic rings. The second-order valence-corrected chi connectivity index (χ2v) is 17.9. The summed E-state index contributed by atoms with van der Waals surface area (Å²) in [5, 5.41) is 14.8. The Labute approximate surface area is 337 Å². The molecule has 1 aromatic rings. The molecule has 0 radical (unpaired) electrons. The van der Waals surface area contributed by atoms with Crippen molar-refractivity contribution in [3.63, 3.8) is 0 Å². The number of Topliss-reactive ketones (excluding diaryl/α,β-unsaturated/α-hetero) is 1. The van der Waals surface area contributed by atoms with Crippen LogP contribution in [-0.2, 0) is 19.2 Å². The molecule has 12 heteroatoms. The molecule has 10 N–H and O–H groups in total. The third-order valence-electron chi connectivity index (χ3n) is 14.3. The second-order valence-electron chi connectivity index (χ2n) is 17.9. The number of nitrogens with one attached hydrogen (secondary N) is 1. The topological polar surface area (TPSA) is 229 Å². The Balaban J connectivity index is 1.30. The number of amides is 3. The molecule has 0 aromatic heterocycles. The van der Waals surface area contributed by atoms with E-state index in [-0.39, 0.29) is 53.0 Å². The summed E-state index contributed by atoms with van der Waals surface area (Å²) >= 11 is 0. The van der Waals surface area contributed by atoms with Gasteiger partial charge >= 0.3 is 0 Å². The van der Waals surface area contributed by atoms with Crippen molar-refractivity contribution in [3.8, 4) is 11.8 Å². The van der Waals surface area contributed by atoms with Crippen LogP contribution in [0, 0.1) is 64.1 Å². The van der Waals surface area contributed by atoms with Crippen LogP contribution in [0.4, 0.5) is 0 Å². The van der Waals surface area contributed by atoms with Crippen molar-refractivity contribution in [2.75, 3.05) is 6.54 Å². The highest BCUT2D eigenvalue weighted by molar-refractivity contribution is 6.05. The minimum absolute atomic E-state index is 0.0483. The van der Waals surface area contributed by atoms with Gasteiger partial charge in [0, 0.05) is 29.0 Å². The van der Waals surface area contributed by atoms with E-state index in [0.717, 1.165) is 50.5 Å². The first-order valence-corrected chi connectivity index (χ1v) is 20.6. The maximum absolute atomic E-state index is 12.6. The predicted octanol–water partition coefficient (Wildman–Crippen LogP) is 4.81. The number of rotatable bonds is 10. The molecule has 3 amide bonds. The average Bonchev–Trinajstić information content (AvgIpc) is 3.51. The van der Waals surface area contributed by atoms with Crippen LogP contribution in [0.2, 0.25) is 0 Å². The van der Waals surface area contributed by atoms with Gasteiger partial charge in [-0.1, -0.05) is 38.7 Å². The van der Waals surface area contributed by atoms with Crippen molar-refractivity contribution in [3.05, 3.63) is 46.0 Å². The molecule has 57 heavy (non-hydrogen) atoms. The molecule has 0 heterocycles. The first kappa shape index (κ1) is 43.4. The number of carbonyl (C=O) groups is 4. The third kappa shape index (κ3) is 9.69. The molecule has 0 saturated heterocycles. The van der Waals surface area contributed by atoms with E-state index in [1.807, 2.05) is 18.2 Å². The number of nitrogens with two attached hydrogens (primary N) is 4. The molecule has 0 aliphatic heterocycles. The second kappa shape index (κ2) is 17.8. The molecule has 5 rings (SSSR count). The first-order valence-electron chi connectivity index (χ1n) is 20.6. The number of aliphatic imine (C=N–C) groups is 2. The summed E-state index contributed by atoms with van der Waals surface area (Å²) in [7, 11) is 0. The van der Waals surface area contributed by atoms with E-state index in [1.165, 1.54) is 19.8 Å². The lowest BCUT2D eigenvalue weighted by Crippen LogP contribution is -2.58. The van der Waals surface area contributed by atoms with Crippen LogP contribution in [0.15, 0.2) is 39.3 Å². The summed E-state index contributed by atoms with van der Waals surface area (Å²) in [6.45, 7) is 11.9. The average molecular weight is 782 g/mol. The highest BCUT2D eigenvalue weighted by Gasteiger charge is 2.63. The molecule has 8 unspecified atom stereocenters.